The van der Waals surface area contributed by atoms with Crippen LogP contribution in [-0.2, 0) is 10.2 Å². The van der Waals surface area contributed by atoms with Crippen molar-refractivity contribution in [1.82, 2.24) is 0 Å². The van der Waals surface area contributed by atoms with E-state index >= 15 is 0 Å². The lowest BCUT2D eigenvalue weighted by Gasteiger charge is -2.49. The maximum Gasteiger partial charge on any atom is 0.401 e. The fourth-order valence-corrected chi connectivity index (χ4v) is 3.47. The van der Waals surface area contributed by atoms with E-state index < -0.39 is 17.0 Å². The Labute approximate surface area is 117 Å². The van der Waals surface area contributed by atoms with E-state index in [9.17, 15) is 18.0 Å². The zero-order valence-corrected chi connectivity index (χ0v) is 11.5. The average molecular weight is 284 g/mol. The highest BCUT2D eigenvalue weighted by Gasteiger charge is 2.64. The zero-order valence-electron chi connectivity index (χ0n) is 11.5. The smallest absolute Gasteiger partial charge is 0.302 e. The molecular weight excluding hydrogens is 265 g/mol. The molecule has 1 unspecified atom stereocenters. The molecule has 4 heteroatoms. The van der Waals surface area contributed by atoms with Gasteiger partial charge in [-0.1, -0.05) is 49.6 Å². The van der Waals surface area contributed by atoms with Crippen molar-refractivity contribution in [3.8, 4) is 0 Å². The third-order valence-corrected chi connectivity index (χ3v) is 4.85. The van der Waals surface area contributed by atoms with Gasteiger partial charge in [0.15, 0.2) is 0 Å². The maximum absolute atomic E-state index is 13.6. The summed E-state index contributed by atoms with van der Waals surface area (Å²) in [6.07, 6.45) is -1.21. The molecular formula is C16H19F3O. The first-order valence-corrected chi connectivity index (χ1v) is 6.96. The number of rotatable bonds is 3. The highest BCUT2D eigenvalue weighted by Crippen LogP contribution is 2.57. The Morgan fingerprint density at radius 3 is 2.05 bits per heavy atom. The van der Waals surface area contributed by atoms with E-state index in [0.29, 0.717) is 18.4 Å². The first-order valence-electron chi connectivity index (χ1n) is 6.96. The summed E-state index contributed by atoms with van der Waals surface area (Å²) in [7, 11) is 0. The monoisotopic (exact) mass is 284 g/mol. The normalized spacial score (nSPS) is 22.0. The van der Waals surface area contributed by atoms with Crippen molar-refractivity contribution < 1.29 is 18.0 Å². The van der Waals surface area contributed by atoms with Crippen molar-refractivity contribution in [2.24, 2.45) is 5.41 Å². The number of benzene rings is 1. The minimum absolute atomic E-state index is 0.116. The molecule has 0 spiro atoms. The van der Waals surface area contributed by atoms with Crippen molar-refractivity contribution in [3.05, 3.63) is 35.9 Å². The largest absolute Gasteiger partial charge is 0.401 e. The number of aldehydes is 1. The van der Waals surface area contributed by atoms with E-state index in [0.717, 1.165) is 26.2 Å². The molecule has 110 valence electrons. The predicted molar refractivity (Wildman–Crippen MR) is 71.4 cm³/mol. The molecule has 0 heterocycles. The van der Waals surface area contributed by atoms with Gasteiger partial charge in [-0.25, -0.2) is 0 Å². The molecule has 1 fully saturated rings. The molecule has 0 bridgehead atoms. The third kappa shape index (κ3) is 2.15. The minimum atomic E-state index is -4.54. The highest BCUT2D eigenvalue weighted by molar-refractivity contribution is 5.65. The van der Waals surface area contributed by atoms with E-state index in [4.69, 9.17) is 0 Å². The fraction of sp³-hybridized carbons (Fsp3) is 0.562. The van der Waals surface area contributed by atoms with Gasteiger partial charge in [-0.15, -0.1) is 0 Å². The van der Waals surface area contributed by atoms with Crippen LogP contribution in [0.1, 0.15) is 44.6 Å². The summed E-state index contributed by atoms with van der Waals surface area (Å²) in [5, 5.41) is 0. The Bertz CT molecular complexity index is 460. The van der Waals surface area contributed by atoms with Crippen LogP contribution in [0.25, 0.3) is 0 Å². The number of halogens is 3. The highest BCUT2D eigenvalue weighted by atomic mass is 19.4. The van der Waals surface area contributed by atoms with Crippen molar-refractivity contribution in [3.63, 3.8) is 0 Å². The molecule has 2 rings (SSSR count). The molecule has 0 N–H and O–H groups in total. The molecule has 0 aromatic heterocycles. The number of hydrogen-bond acceptors (Lipinski definition) is 1. The number of carbonyl (C=O) groups excluding carboxylic acids is 1. The van der Waals surface area contributed by atoms with E-state index in [1.807, 2.05) is 0 Å². The van der Waals surface area contributed by atoms with E-state index in [-0.39, 0.29) is 6.29 Å². The first kappa shape index (κ1) is 15.1. The molecule has 0 saturated heterocycles. The summed E-state index contributed by atoms with van der Waals surface area (Å²) >= 11 is 0. The Hall–Kier alpha value is -1.32. The molecule has 0 radical (unpaired) electrons. The van der Waals surface area contributed by atoms with Crippen LogP contribution in [0.15, 0.2) is 30.3 Å². The third-order valence-electron chi connectivity index (χ3n) is 4.85. The van der Waals surface area contributed by atoms with E-state index in [2.05, 4.69) is 0 Å². The van der Waals surface area contributed by atoms with E-state index in [1.54, 1.807) is 30.3 Å². The molecule has 20 heavy (non-hydrogen) atoms. The maximum atomic E-state index is 13.6. The van der Waals surface area contributed by atoms with Crippen LogP contribution in [0.4, 0.5) is 13.2 Å². The molecule has 1 saturated carbocycles. The molecule has 1 aliphatic rings. The summed E-state index contributed by atoms with van der Waals surface area (Å²) in [5.41, 5.74) is -2.83. The van der Waals surface area contributed by atoms with Crippen LogP contribution in [0.3, 0.4) is 0 Å². The molecule has 1 aromatic carbocycles. The summed E-state index contributed by atoms with van der Waals surface area (Å²) < 4.78 is 40.8. The van der Waals surface area contributed by atoms with Gasteiger partial charge in [0.25, 0.3) is 0 Å². The minimum Gasteiger partial charge on any atom is -0.302 e. The Morgan fingerprint density at radius 1 is 1.05 bits per heavy atom. The van der Waals surface area contributed by atoms with Gasteiger partial charge in [0.2, 0.25) is 0 Å². The summed E-state index contributed by atoms with van der Waals surface area (Å²) in [5.74, 6) is 0. The number of hydrogen-bond donors (Lipinski definition) is 0. The standard InChI is InChI=1S/C16H19F3O/c1-14(12-20,16(17,18)19)15(10-6-3-7-11-15)13-8-4-2-5-9-13/h2,4-5,8-9,12H,3,6-7,10-11H2,1H3. The lowest BCUT2D eigenvalue weighted by Crippen LogP contribution is -2.55. The van der Waals surface area contributed by atoms with Crippen molar-refractivity contribution in [2.75, 3.05) is 0 Å². The molecule has 0 amide bonds. The zero-order chi connectivity index (χ0) is 14.9. The Morgan fingerprint density at radius 2 is 1.60 bits per heavy atom. The second-order valence-corrected chi connectivity index (χ2v) is 5.83. The second kappa shape index (κ2) is 5.23. The van der Waals surface area contributed by atoms with Crippen LogP contribution >= 0.6 is 0 Å². The Kier molecular flexibility index (Phi) is 3.94. The number of carbonyl (C=O) groups is 1. The lowest BCUT2D eigenvalue weighted by molar-refractivity contribution is -0.233. The van der Waals surface area contributed by atoms with Gasteiger partial charge in [0, 0.05) is 5.41 Å². The topological polar surface area (TPSA) is 17.1 Å². The van der Waals surface area contributed by atoms with Crippen LogP contribution in [0, 0.1) is 5.41 Å². The SMILES string of the molecule is CC(C=O)(C(F)(F)F)C1(c2ccccc2)CCCCC1. The van der Waals surface area contributed by atoms with Gasteiger partial charge < -0.3 is 4.79 Å². The van der Waals surface area contributed by atoms with Gasteiger partial charge in [-0.05, 0) is 25.3 Å². The Balaban J connectivity index is 2.61. The summed E-state index contributed by atoms with van der Waals surface area (Å²) in [4.78, 5) is 11.4. The predicted octanol–water partition coefficient (Wildman–Crippen LogP) is 4.66. The quantitative estimate of drug-likeness (QED) is 0.738. The van der Waals surface area contributed by atoms with E-state index in [1.165, 1.54) is 0 Å². The summed E-state index contributed by atoms with van der Waals surface area (Å²) in [6, 6.07) is 8.71. The van der Waals surface area contributed by atoms with Gasteiger partial charge in [-0.3, -0.25) is 0 Å². The van der Waals surface area contributed by atoms with Crippen molar-refractivity contribution in [2.45, 2.75) is 50.6 Å². The fourth-order valence-electron chi connectivity index (χ4n) is 3.47. The van der Waals surface area contributed by atoms with Gasteiger partial charge in [0.05, 0.1) is 0 Å². The molecule has 1 aromatic rings. The van der Waals surface area contributed by atoms with Crippen LogP contribution < -0.4 is 0 Å². The molecule has 1 nitrogen and oxygen atoms in total. The molecule has 0 aliphatic heterocycles. The second-order valence-electron chi connectivity index (χ2n) is 5.83. The average Bonchev–Trinajstić information content (AvgIpc) is 2.46. The molecule has 1 atom stereocenters. The van der Waals surface area contributed by atoms with Crippen LogP contribution in [0.2, 0.25) is 0 Å². The van der Waals surface area contributed by atoms with Gasteiger partial charge >= 0.3 is 6.18 Å². The van der Waals surface area contributed by atoms with Gasteiger partial charge in [0.1, 0.15) is 11.7 Å². The summed E-state index contributed by atoms with van der Waals surface area (Å²) in [6.45, 7) is 1.05. The van der Waals surface area contributed by atoms with Crippen molar-refractivity contribution in [1.29, 1.82) is 0 Å². The van der Waals surface area contributed by atoms with Crippen LogP contribution in [-0.4, -0.2) is 12.5 Å². The molecule has 1 aliphatic carbocycles. The van der Waals surface area contributed by atoms with Crippen LogP contribution in [0.5, 0.6) is 0 Å². The first-order chi connectivity index (χ1) is 9.37. The van der Waals surface area contributed by atoms with Crippen molar-refractivity contribution >= 4 is 6.29 Å². The van der Waals surface area contributed by atoms with Gasteiger partial charge in [-0.2, -0.15) is 13.2 Å². The number of alkyl halides is 3. The lowest BCUT2D eigenvalue weighted by atomic mass is 9.55.